The quantitative estimate of drug-likeness (QED) is 0.682. The summed E-state index contributed by atoms with van der Waals surface area (Å²) in [6, 6.07) is 13.9. The number of aliphatic carboxylic acids is 1. The number of hydrogen-bond acceptors (Lipinski definition) is 3. The largest absolute Gasteiger partial charge is 0.479 e. The molecule has 2 aromatic rings. The first kappa shape index (κ1) is 20.7. The Hall–Kier alpha value is -2.56. The van der Waals surface area contributed by atoms with Gasteiger partial charge in [0.15, 0.2) is 0 Å². The van der Waals surface area contributed by atoms with Crippen LogP contribution in [0.2, 0.25) is 0 Å². The summed E-state index contributed by atoms with van der Waals surface area (Å²) in [6.45, 7) is 6.14. The third kappa shape index (κ3) is 4.59. The fourth-order valence-electron chi connectivity index (χ4n) is 3.44. The average Bonchev–Trinajstić information content (AvgIpc) is 2.67. The molecule has 0 saturated carbocycles. The number of benzene rings is 2. The van der Waals surface area contributed by atoms with Crippen molar-refractivity contribution in [2.75, 3.05) is 13.2 Å². The smallest absolute Gasteiger partial charge is 0.410 e. The highest BCUT2D eigenvalue weighted by atomic mass is 16.6. The van der Waals surface area contributed by atoms with Gasteiger partial charge in [0.2, 0.25) is 0 Å². The van der Waals surface area contributed by atoms with E-state index in [4.69, 9.17) is 4.74 Å². The lowest BCUT2D eigenvalue weighted by Gasteiger charge is -2.39. The van der Waals surface area contributed by atoms with Gasteiger partial charge < -0.3 is 9.84 Å². The summed E-state index contributed by atoms with van der Waals surface area (Å²) in [5.41, 5.74) is -0.437. The van der Waals surface area contributed by atoms with Crippen molar-refractivity contribution in [1.82, 2.24) is 4.90 Å². The van der Waals surface area contributed by atoms with Gasteiger partial charge in [0.05, 0.1) is 6.61 Å². The van der Waals surface area contributed by atoms with Crippen molar-refractivity contribution < 1.29 is 19.4 Å². The van der Waals surface area contributed by atoms with E-state index in [0.717, 1.165) is 29.2 Å². The number of rotatable bonds is 9. The number of hydrogen-bond donors (Lipinski definition) is 1. The molecule has 0 radical (unpaired) electrons. The maximum Gasteiger partial charge on any atom is 0.410 e. The molecule has 1 amide bonds. The van der Waals surface area contributed by atoms with Crippen molar-refractivity contribution in [1.29, 1.82) is 0 Å². The van der Waals surface area contributed by atoms with E-state index in [1.54, 1.807) is 6.92 Å². The van der Waals surface area contributed by atoms with Crippen LogP contribution in [0.1, 0.15) is 45.6 Å². The average molecular weight is 371 g/mol. The van der Waals surface area contributed by atoms with Crippen LogP contribution in [-0.4, -0.2) is 40.8 Å². The lowest BCUT2D eigenvalue weighted by Crippen LogP contribution is -2.58. The predicted molar refractivity (Wildman–Crippen MR) is 107 cm³/mol. The third-order valence-electron chi connectivity index (χ3n) is 5.03. The predicted octanol–water partition coefficient (Wildman–Crippen LogP) is 4.87. The lowest BCUT2D eigenvalue weighted by atomic mass is 9.85. The molecule has 1 N–H and O–H groups in total. The van der Waals surface area contributed by atoms with Crippen LogP contribution >= 0.6 is 0 Å². The summed E-state index contributed by atoms with van der Waals surface area (Å²) in [5, 5.41) is 12.3. The molecule has 146 valence electrons. The van der Waals surface area contributed by atoms with Crippen LogP contribution in [0.4, 0.5) is 4.79 Å². The highest BCUT2D eigenvalue weighted by Gasteiger charge is 2.45. The van der Waals surface area contributed by atoms with Crippen molar-refractivity contribution in [3.8, 4) is 0 Å². The molecule has 0 fully saturated rings. The van der Waals surface area contributed by atoms with Crippen LogP contribution in [0, 0.1) is 0 Å². The number of carbonyl (C=O) groups excluding carboxylic acids is 1. The molecule has 0 aliphatic rings. The topological polar surface area (TPSA) is 66.8 Å². The second kappa shape index (κ2) is 9.40. The fourth-order valence-corrected chi connectivity index (χ4v) is 3.44. The standard InChI is InChI=1S/C22H29NO4/c1-4-7-14-23(21(26)27-6-3)22(5-2,20(24)25)16-17-12-13-18-10-8-9-11-19(18)15-17/h8-13,15H,4-7,14,16H2,1-3H3,(H,24,25). The number of amides is 1. The van der Waals surface area contributed by atoms with Gasteiger partial charge >= 0.3 is 12.1 Å². The molecule has 1 atom stereocenters. The van der Waals surface area contributed by atoms with E-state index in [-0.39, 0.29) is 13.0 Å². The van der Waals surface area contributed by atoms with Crippen LogP contribution in [0.25, 0.3) is 10.8 Å². The molecule has 0 spiro atoms. The number of carboxylic acid groups (broad SMARTS) is 1. The van der Waals surface area contributed by atoms with Gasteiger partial charge in [-0.3, -0.25) is 4.90 Å². The molecule has 0 aliphatic carbocycles. The van der Waals surface area contributed by atoms with Gasteiger partial charge in [0.25, 0.3) is 0 Å². The highest BCUT2D eigenvalue weighted by Crippen LogP contribution is 2.29. The lowest BCUT2D eigenvalue weighted by molar-refractivity contribution is -0.151. The maximum absolute atomic E-state index is 12.6. The molecule has 0 heterocycles. The van der Waals surface area contributed by atoms with Gasteiger partial charge in [0.1, 0.15) is 5.54 Å². The molecular formula is C22H29NO4. The Morgan fingerprint density at radius 2 is 1.78 bits per heavy atom. The van der Waals surface area contributed by atoms with Gasteiger partial charge in [-0.15, -0.1) is 0 Å². The van der Waals surface area contributed by atoms with Gasteiger partial charge in [-0.05, 0) is 36.1 Å². The molecule has 2 rings (SSSR count). The normalized spacial score (nSPS) is 13.1. The summed E-state index contributed by atoms with van der Waals surface area (Å²) in [5.74, 6) is -0.998. The van der Waals surface area contributed by atoms with Gasteiger partial charge in [-0.2, -0.15) is 0 Å². The minimum Gasteiger partial charge on any atom is -0.479 e. The van der Waals surface area contributed by atoms with Crippen molar-refractivity contribution >= 4 is 22.8 Å². The monoisotopic (exact) mass is 371 g/mol. The van der Waals surface area contributed by atoms with Crippen molar-refractivity contribution in [2.24, 2.45) is 0 Å². The van der Waals surface area contributed by atoms with E-state index in [1.165, 1.54) is 4.90 Å². The van der Waals surface area contributed by atoms with E-state index in [1.807, 2.05) is 56.3 Å². The molecule has 0 saturated heterocycles. The van der Waals surface area contributed by atoms with Crippen LogP contribution < -0.4 is 0 Å². The SMILES string of the molecule is CCCCN(C(=O)OCC)C(CC)(Cc1ccc2ccccc2c1)C(=O)O. The Morgan fingerprint density at radius 1 is 1.07 bits per heavy atom. The molecular weight excluding hydrogens is 342 g/mol. The number of ether oxygens (including phenoxy) is 1. The van der Waals surface area contributed by atoms with Crippen molar-refractivity contribution in [3.05, 3.63) is 48.0 Å². The first-order valence-corrected chi connectivity index (χ1v) is 9.64. The number of fused-ring (bicyclic) bond motifs is 1. The second-order valence-corrected chi connectivity index (χ2v) is 6.75. The molecule has 0 bridgehead atoms. The number of carboxylic acids is 1. The van der Waals surface area contributed by atoms with E-state index >= 15 is 0 Å². The van der Waals surface area contributed by atoms with Crippen molar-refractivity contribution in [3.63, 3.8) is 0 Å². The van der Waals surface area contributed by atoms with Crippen LogP contribution in [-0.2, 0) is 16.0 Å². The van der Waals surface area contributed by atoms with Crippen LogP contribution in [0.5, 0.6) is 0 Å². The Balaban J connectivity index is 2.45. The van der Waals surface area contributed by atoms with Gasteiger partial charge in [0, 0.05) is 13.0 Å². The minimum absolute atomic E-state index is 0.219. The summed E-state index contributed by atoms with van der Waals surface area (Å²) in [7, 11) is 0. The molecule has 2 aromatic carbocycles. The summed E-state index contributed by atoms with van der Waals surface area (Å²) in [6.07, 6.45) is 1.58. The Bertz CT molecular complexity index is 789. The minimum atomic E-state index is -1.33. The maximum atomic E-state index is 12.6. The zero-order valence-electron chi connectivity index (χ0n) is 16.4. The summed E-state index contributed by atoms with van der Waals surface area (Å²) < 4.78 is 5.19. The van der Waals surface area contributed by atoms with Crippen molar-refractivity contribution in [2.45, 2.75) is 52.0 Å². The summed E-state index contributed by atoms with van der Waals surface area (Å²) >= 11 is 0. The Morgan fingerprint density at radius 3 is 2.37 bits per heavy atom. The van der Waals surface area contributed by atoms with E-state index in [9.17, 15) is 14.7 Å². The zero-order valence-corrected chi connectivity index (χ0v) is 16.4. The number of nitrogens with zero attached hydrogens (tertiary/aromatic N) is 1. The second-order valence-electron chi connectivity index (χ2n) is 6.75. The van der Waals surface area contributed by atoms with E-state index in [0.29, 0.717) is 13.0 Å². The Kier molecular flexibility index (Phi) is 7.22. The molecule has 5 nitrogen and oxygen atoms in total. The Labute approximate surface area is 160 Å². The first-order chi connectivity index (χ1) is 13.0. The summed E-state index contributed by atoms with van der Waals surface area (Å²) in [4.78, 5) is 26.4. The van der Waals surface area contributed by atoms with Gasteiger partial charge in [-0.1, -0.05) is 62.7 Å². The van der Waals surface area contributed by atoms with E-state index < -0.39 is 17.6 Å². The first-order valence-electron chi connectivity index (χ1n) is 9.64. The van der Waals surface area contributed by atoms with Crippen LogP contribution in [0.15, 0.2) is 42.5 Å². The molecule has 5 heteroatoms. The number of unbranched alkanes of at least 4 members (excludes halogenated alkanes) is 1. The third-order valence-corrected chi connectivity index (χ3v) is 5.03. The molecule has 1 unspecified atom stereocenters. The van der Waals surface area contributed by atoms with Gasteiger partial charge in [-0.25, -0.2) is 9.59 Å². The number of carbonyl (C=O) groups is 2. The van der Waals surface area contributed by atoms with Crippen LogP contribution in [0.3, 0.4) is 0 Å². The zero-order chi connectivity index (χ0) is 19.9. The highest BCUT2D eigenvalue weighted by molar-refractivity contribution is 5.86. The van der Waals surface area contributed by atoms with E-state index in [2.05, 4.69) is 0 Å². The fraction of sp³-hybridized carbons (Fsp3) is 0.455. The molecule has 27 heavy (non-hydrogen) atoms. The molecule has 0 aromatic heterocycles. The molecule has 0 aliphatic heterocycles.